The van der Waals surface area contributed by atoms with Crippen LogP contribution >= 0.6 is 0 Å². The van der Waals surface area contributed by atoms with Gasteiger partial charge in [0.05, 0.1) is 24.8 Å². The van der Waals surface area contributed by atoms with E-state index in [2.05, 4.69) is 11.2 Å². The Labute approximate surface area is 161 Å². The SMILES string of the molecule is COCC1(COC)Oc2ccc(C#N)cc2[C@@H](Oc2ccc(=O)n(C)n2)[C@@H]1O. The maximum Gasteiger partial charge on any atom is 0.266 e. The summed E-state index contributed by atoms with van der Waals surface area (Å²) in [6, 6.07) is 9.65. The summed E-state index contributed by atoms with van der Waals surface area (Å²) in [5, 5.41) is 24.4. The van der Waals surface area contributed by atoms with E-state index in [1.54, 1.807) is 18.2 Å². The molecule has 0 aliphatic carbocycles. The molecule has 3 rings (SSSR count). The lowest BCUT2D eigenvalue weighted by Gasteiger charge is -2.44. The summed E-state index contributed by atoms with van der Waals surface area (Å²) < 4.78 is 23.7. The number of hydrogen-bond donors (Lipinski definition) is 1. The molecule has 9 heteroatoms. The highest BCUT2D eigenvalue weighted by molar-refractivity contribution is 5.46. The summed E-state index contributed by atoms with van der Waals surface area (Å²) in [7, 11) is 4.48. The maximum atomic E-state index is 11.6. The summed E-state index contributed by atoms with van der Waals surface area (Å²) >= 11 is 0. The number of benzene rings is 1. The van der Waals surface area contributed by atoms with Gasteiger partial charge >= 0.3 is 0 Å². The second kappa shape index (κ2) is 7.98. The molecule has 9 nitrogen and oxygen atoms in total. The number of ether oxygens (including phenoxy) is 4. The first-order chi connectivity index (χ1) is 13.4. The average molecular weight is 387 g/mol. The Balaban J connectivity index is 2.09. The van der Waals surface area contributed by atoms with Crippen molar-refractivity contribution in [2.24, 2.45) is 7.05 Å². The highest BCUT2D eigenvalue weighted by Crippen LogP contribution is 2.42. The standard InChI is InChI=1S/C19H21N3O6/c1-22-16(23)7-6-15(21-22)27-17-13-8-12(9-20)4-5-14(13)28-19(10-25-2,11-26-3)18(17)24/h4-8,17-18,24H,10-11H2,1-3H3/t17-,18+/m1/s1. The van der Waals surface area contributed by atoms with Gasteiger partial charge in [-0.2, -0.15) is 5.26 Å². The van der Waals surface area contributed by atoms with E-state index >= 15 is 0 Å². The van der Waals surface area contributed by atoms with Gasteiger partial charge in [0.2, 0.25) is 5.88 Å². The predicted molar refractivity (Wildman–Crippen MR) is 97.1 cm³/mol. The quantitative estimate of drug-likeness (QED) is 0.764. The van der Waals surface area contributed by atoms with Gasteiger partial charge in [0.15, 0.2) is 11.7 Å². The van der Waals surface area contributed by atoms with Crippen molar-refractivity contribution in [3.05, 3.63) is 51.8 Å². The Hall–Kier alpha value is -2.93. The normalized spacial score (nSPS) is 20.0. The van der Waals surface area contributed by atoms with Gasteiger partial charge in [-0.1, -0.05) is 0 Å². The molecule has 28 heavy (non-hydrogen) atoms. The summed E-state index contributed by atoms with van der Waals surface area (Å²) in [4.78, 5) is 11.6. The fourth-order valence-electron chi connectivity index (χ4n) is 3.22. The molecule has 2 atom stereocenters. The minimum absolute atomic E-state index is 0.0437. The molecule has 0 bridgehead atoms. The van der Waals surface area contributed by atoms with Crippen LogP contribution in [0.5, 0.6) is 11.6 Å². The molecule has 1 aromatic carbocycles. The Morgan fingerprint density at radius 2 is 2.00 bits per heavy atom. The molecule has 0 fully saturated rings. The van der Waals surface area contributed by atoms with E-state index in [0.717, 1.165) is 4.68 Å². The Bertz CT molecular complexity index is 945. The number of nitriles is 1. The van der Waals surface area contributed by atoms with Crippen LogP contribution in [0, 0.1) is 11.3 Å². The zero-order valence-corrected chi connectivity index (χ0v) is 15.8. The lowest BCUT2D eigenvalue weighted by molar-refractivity contribution is -0.169. The van der Waals surface area contributed by atoms with Crippen LogP contribution in [0.4, 0.5) is 0 Å². The van der Waals surface area contributed by atoms with Crippen molar-refractivity contribution in [2.45, 2.75) is 17.8 Å². The van der Waals surface area contributed by atoms with E-state index in [0.29, 0.717) is 16.9 Å². The number of nitrogens with zero attached hydrogens (tertiary/aromatic N) is 3. The fourth-order valence-corrected chi connectivity index (χ4v) is 3.22. The van der Waals surface area contributed by atoms with Gasteiger partial charge in [0.25, 0.3) is 5.56 Å². The lowest BCUT2D eigenvalue weighted by atomic mass is 9.86. The molecule has 0 spiro atoms. The Morgan fingerprint density at radius 1 is 1.29 bits per heavy atom. The maximum absolute atomic E-state index is 11.6. The smallest absolute Gasteiger partial charge is 0.266 e. The second-order valence-corrected chi connectivity index (χ2v) is 6.51. The molecule has 0 saturated heterocycles. The van der Waals surface area contributed by atoms with Crippen LogP contribution in [-0.2, 0) is 16.5 Å². The van der Waals surface area contributed by atoms with E-state index in [9.17, 15) is 15.2 Å². The summed E-state index contributed by atoms with van der Waals surface area (Å²) in [6.45, 7) is 0.0873. The molecule has 1 aromatic heterocycles. The summed E-state index contributed by atoms with van der Waals surface area (Å²) in [5.41, 5.74) is -0.636. The van der Waals surface area contributed by atoms with Gasteiger partial charge in [-0.25, -0.2) is 4.68 Å². The third-order valence-corrected chi connectivity index (χ3v) is 4.55. The molecule has 0 unspecified atom stereocenters. The van der Waals surface area contributed by atoms with Crippen LogP contribution in [0.1, 0.15) is 17.2 Å². The largest absolute Gasteiger partial charge is 0.479 e. The zero-order valence-electron chi connectivity index (χ0n) is 15.8. The second-order valence-electron chi connectivity index (χ2n) is 6.51. The number of aliphatic hydroxyl groups excluding tert-OH is 1. The first-order valence-corrected chi connectivity index (χ1v) is 8.54. The van der Waals surface area contributed by atoms with Crippen molar-refractivity contribution in [1.29, 1.82) is 5.26 Å². The number of fused-ring (bicyclic) bond motifs is 1. The number of aryl methyl sites for hydroxylation is 1. The number of aromatic nitrogens is 2. The first kappa shape index (κ1) is 19.8. The monoisotopic (exact) mass is 387 g/mol. The third-order valence-electron chi connectivity index (χ3n) is 4.55. The van der Waals surface area contributed by atoms with Crippen LogP contribution in [0.2, 0.25) is 0 Å². The highest BCUT2D eigenvalue weighted by atomic mass is 16.6. The fraction of sp³-hybridized carbons (Fsp3) is 0.421. The average Bonchev–Trinajstić information content (AvgIpc) is 2.68. The number of rotatable bonds is 6. The van der Waals surface area contributed by atoms with Crippen molar-refractivity contribution in [3.8, 4) is 17.7 Å². The van der Waals surface area contributed by atoms with Gasteiger partial charge in [-0.05, 0) is 18.2 Å². The van der Waals surface area contributed by atoms with Crippen LogP contribution in [-0.4, -0.2) is 54.0 Å². The van der Waals surface area contributed by atoms with Crippen molar-refractivity contribution in [3.63, 3.8) is 0 Å². The van der Waals surface area contributed by atoms with E-state index < -0.39 is 17.8 Å². The third kappa shape index (κ3) is 3.57. The number of aliphatic hydroxyl groups is 1. The van der Waals surface area contributed by atoms with Crippen molar-refractivity contribution in [2.75, 3.05) is 27.4 Å². The Morgan fingerprint density at radius 3 is 2.61 bits per heavy atom. The van der Waals surface area contributed by atoms with Crippen molar-refractivity contribution in [1.82, 2.24) is 9.78 Å². The van der Waals surface area contributed by atoms with E-state index in [1.807, 2.05) is 0 Å². The van der Waals surface area contributed by atoms with Crippen LogP contribution in [0.3, 0.4) is 0 Å². The van der Waals surface area contributed by atoms with Crippen molar-refractivity contribution >= 4 is 0 Å². The molecule has 0 radical (unpaired) electrons. The number of hydrogen-bond acceptors (Lipinski definition) is 8. The minimum atomic E-state index is -1.23. The molecule has 0 saturated carbocycles. The number of methoxy groups -OCH3 is 2. The Kier molecular flexibility index (Phi) is 5.65. The molecule has 1 N–H and O–H groups in total. The lowest BCUT2D eigenvalue weighted by Crippen LogP contribution is -2.60. The van der Waals surface area contributed by atoms with E-state index in [4.69, 9.17) is 18.9 Å². The summed E-state index contributed by atoms with van der Waals surface area (Å²) in [6.07, 6.45) is -2.12. The molecule has 2 aromatic rings. The molecular formula is C19H21N3O6. The van der Waals surface area contributed by atoms with E-state index in [-0.39, 0.29) is 24.7 Å². The zero-order chi connectivity index (χ0) is 20.3. The highest BCUT2D eigenvalue weighted by Gasteiger charge is 2.51. The minimum Gasteiger partial charge on any atom is -0.479 e. The van der Waals surface area contributed by atoms with Gasteiger partial charge < -0.3 is 24.1 Å². The van der Waals surface area contributed by atoms with Gasteiger partial charge in [0, 0.05) is 39.0 Å². The summed E-state index contributed by atoms with van der Waals surface area (Å²) in [5.74, 6) is 0.582. The molecule has 1 aliphatic rings. The van der Waals surface area contributed by atoms with E-state index in [1.165, 1.54) is 33.4 Å². The van der Waals surface area contributed by atoms with Gasteiger partial charge in [-0.3, -0.25) is 4.79 Å². The molecule has 148 valence electrons. The first-order valence-electron chi connectivity index (χ1n) is 8.54. The van der Waals surface area contributed by atoms with Crippen LogP contribution < -0.4 is 15.0 Å². The van der Waals surface area contributed by atoms with Crippen LogP contribution in [0.25, 0.3) is 0 Å². The van der Waals surface area contributed by atoms with Crippen LogP contribution in [0.15, 0.2) is 35.1 Å². The predicted octanol–water partition coefficient (Wildman–Crippen LogP) is 0.557. The van der Waals surface area contributed by atoms with Gasteiger partial charge in [0.1, 0.15) is 11.9 Å². The molecule has 1 aliphatic heterocycles. The molecule has 2 heterocycles. The molecule has 0 amide bonds. The van der Waals surface area contributed by atoms with Gasteiger partial charge in [-0.15, -0.1) is 5.10 Å². The van der Waals surface area contributed by atoms with Crippen molar-refractivity contribution < 1.29 is 24.1 Å². The topological polar surface area (TPSA) is 116 Å². The molecular weight excluding hydrogens is 366 g/mol.